The summed E-state index contributed by atoms with van der Waals surface area (Å²) in [6, 6.07) is 7.33. The van der Waals surface area contributed by atoms with E-state index in [9.17, 15) is 9.59 Å². The van der Waals surface area contributed by atoms with Crippen molar-refractivity contribution < 1.29 is 14.3 Å². The second-order valence-corrected chi connectivity index (χ2v) is 7.73. The highest BCUT2D eigenvalue weighted by atomic mass is 79.9. The van der Waals surface area contributed by atoms with Crippen molar-refractivity contribution in [3.05, 3.63) is 57.8 Å². The Kier molecular flexibility index (Phi) is 5.45. The number of rotatable bonds is 5. The zero-order valence-electron chi connectivity index (χ0n) is 15.1. The van der Waals surface area contributed by atoms with Gasteiger partial charge in [0.25, 0.3) is 11.1 Å². The standard InChI is InChI=1S/C19H14BrN5O3S/c1-2-28-14-5-4-11(8-13(14)20)16-12(9-15-17(26)23-19(27)29-15)10-25(24-16)18-21-6-3-7-22-18/h3-10H,2H2,1H3,(H,23,26,27)/b15-9-. The highest BCUT2D eigenvalue weighted by Gasteiger charge is 2.26. The van der Waals surface area contributed by atoms with Gasteiger partial charge in [-0.25, -0.2) is 14.6 Å². The van der Waals surface area contributed by atoms with E-state index >= 15 is 0 Å². The summed E-state index contributed by atoms with van der Waals surface area (Å²) in [6.07, 6.45) is 6.60. The average Bonchev–Trinajstić information content (AvgIpc) is 3.27. The summed E-state index contributed by atoms with van der Waals surface area (Å²) in [6.45, 7) is 2.47. The van der Waals surface area contributed by atoms with Crippen molar-refractivity contribution in [3.63, 3.8) is 0 Å². The summed E-state index contributed by atoms with van der Waals surface area (Å²) >= 11 is 4.37. The van der Waals surface area contributed by atoms with Crippen molar-refractivity contribution in [3.8, 4) is 23.0 Å². The van der Waals surface area contributed by atoms with Gasteiger partial charge in [-0.05, 0) is 65.0 Å². The summed E-state index contributed by atoms with van der Waals surface area (Å²) in [5.41, 5.74) is 2.07. The maximum Gasteiger partial charge on any atom is 0.290 e. The number of ether oxygens (including phenoxy) is 1. The molecule has 0 unspecified atom stereocenters. The number of nitrogens with one attached hydrogen (secondary N) is 1. The van der Waals surface area contributed by atoms with Gasteiger partial charge in [0, 0.05) is 29.7 Å². The minimum Gasteiger partial charge on any atom is -0.493 e. The molecule has 1 saturated heterocycles. The molecule has 0 saturated carbocycles. The Morgan fingerprint density at radius 1 is 1.28 bits per heavy atom. The number of hydrogen-bond acceptors (Lipinski definition) is 7. The fourth-order valence-electron chi connectivity index (χ4n) is 2.71. The van der Waals surface area contributed by atoms with Gasteiger partial charge in [-0.1, -0.05) is 0 Å². The minimum atomic E-state index is -0.428. The van der Waals surface area contributed by atoms with Crippen LogP contribution in [0.3, 0.4) is 0 Å². The number of hydrogen-bond donors (Lipinski definition) is 1. The normalized spacial score (nSPS) is 15.0. The van der Waals surface area contributed by atoms with Gasteiger partial charge in [0.2, 0.25) is 5.95 Å². The van der Waals surface area contributed by atoms with E-state index in [0.717, 1.165) is 27.5 Å². The highest BCUT2D eigenvalue weighted by molar-refractivity contribution is 9.10. The van der Waals surface area contributed by atoms with Crippen LogP contribution in [0.2, 0.25) is 0 Å². The molecule has 1 N–H and O–H groups in total. The molecule has 4 rings (SSSR count). The van der Waals surface area contributed by atoms with E-state index in [1.165, 1.54) is 4.68 Å². The van der Waals surface area contributed by atoms with Crippen LogP contribution in [-0.2, 0) is 4.79 Å². The van der Waals surface area contributed by atoms with Gasteiger partial charge in [-0.2, -0.15) is 5.10 Å². The summed E-state index contributed by atoms with van der Waals surface area (Å²) in [5.74, 6) is 0.684. The second-order valence-electron chi connectivity index (χ2n) is 5.86. The molecule has 0 bridgehead atoms. The maximum atomic E-state index is 12.0. The van der Waals surface area contributed by atoms with E-state index in [1.807, 2.05) is 25.1 Å². The first-order valence-electron chi connectivity index (χ1n) is 8.60. The minimum absolute atomic E-state index is 0.301. The quantitative estimate of drug-likeness (QED) is 0.564. The fraction of sp³-hybridized carbons (Fsp3) is 0.105. The Labute approximate surface area is 178 Å². The van der Waals surface area contributed by atoms with E-state index in [0.29, 0.717) is 28.7 Å². The number of carbonyl (C=O) groups is 2. The lowest BCUT2D eigenvalue weighted by molar-refractivity contribution is -0.115. The van der Waals surface area contributed by atoms with Gasteiger partial charge in [0.05, 0.1) is 16.0 Å². The van der Waals surface area contributed by atoms with Crippen LogP contribution in [0.15, 0.2) is 52.2 Å². The number of imide groups is 1. The van der Waals surface area contributed by atoms with E-state index < -0.39 is 11.1 Å². The molecule has 10 heteroatoms. The number of aromatic nitrogens is 4. The van der Waals surface area contributed by atoms with Gasteiger partial charge < -0.3 is 4.74 Å². The van der Waals surface area contributed by atoms with Crippen LogP contribution in [0, 0.1) is 0 Å². The largest absolute Gasteiger partial charge is 0.493 e. The molecule has 0 radical (unpaired) electrons. The van der Waals surface area contributed by atoms with Gasteiger partial charge >= 0.3 is 0 Å². The molecular formula is C19H14BrN5O3S. The smallest absolute Gasteiger partial charge is 0.290 e. The lowest BCUT2D eigenvalue weighted by Gasteiger charge is -2.07. The van der Waals surface area contributed by atoms with Gasteiger partial charge in [-0.3, -0.25) is 14.9 Å². The Morgan fingerprint density at radius 3 is 2.72 bits per heavy atom. The Bertz CT molecular complexity index is 1130. The predicted molar refractivity (Wildman–Crippen MR) is 113 cm³/mol. The van der Waals surface area contributed by atoms with Crippen LogP contribution in [-0.4, -0.2) is 37.5 Å². The lowest BCUT2D eigenvalue weighted by Crippen LogP contribution is -2.17. The Morgan fingerprint density at radius 2 is 2.07 bits per heavy atom. The fourth-order valence-corrected chi connectivity index (χ4v) is 3.88. The first-order valence-corrected chi connectivity index (χ1v) is 10.2. The SMILES string of the molecule is CCOc1ccc(-c2nn(-c3ncccn3)cc2/C=C2\SC(=O)NC2=O)cc1Br. The first-order chi connectivity index (χ1) is 14.0. The van der Waals surface area contributed by atoms with Crippen LogP contribution < -0.4 is 10.1 Å². The van der Waals surface area contributed by atoms with Crippen molar-refractivity contribution in [2.75, 3.05) is 6.61 Å². The molecular weight excluding hydrogens is 458 g/mol. The molecule has 146 valence electrons. The molecule has 2 amide bonds. The third kappa shape index (κ3) is 4.08. The first kappa shape index (κ1) is 19.3. The number of nitrogens with zero attached hydrogens (tertiary/aromatic N) is 4. The number of carbonyl (C=O) groups excluding carboxylic acids is 2. The van der Waals surface area contributed by atoms with E-state index in [-0.39, 0.29) is 0 Å². The average molecular weight is 472 g/mol. The zero-order valence-corrected chi connectivity index (χ0v) is 17.5. The molecule has 29 heavy (non-hydrogen) atoms. The number of thioether (sulfide) groups is 1. The van der Waals surface area contributed by atoms with Crippen molar-refractivity contribution in [1.29, 1.82) is 0 Å². The van der Waals surface area contributed by atoms with Crippen molar-refractivity contribution in [1.82, 2.24) is 25.1 Å². The van der Waals surface area contributed by atoms with Crippen LogP contribution in [0.4, 0.5) is 4.79 Å². The van der Waals surface area contributed by atoms with Gasteiger partial charge in [0.1, 0.15) is 11.4 Å². The Hall–Kier alpha value is -2.98. The number of benzene rings is 1. The van der Waals surface area contributed by atoms with Crippen molar-refractivity contribution in [2.24, 2.45) is 0 Å². The Balaban J connectivity index is 1.82. The molecule has 8 nitrogen and oxygen atoms in total. The third-order valence-electron chi connectivity index (χ3n) is 3.93. The number of amides is 2. The topological polar surface area (TPSA) is 99.0 Å². The molecule has 3 aromatic rings. The monoisotopic (exact) mass is 471 g/mol. The van der Waals surface area contributed by atoms with E-state index in [1.54, 1.807) is 30.7 Å². The molecule has 1 aliphatic heterocycles. The highest BCUT2D eigenvalue weighted by Crippen LogP contribution is 2.34. The van der Waals surface area contributed by atoms with E-state index in [2.05, 4.69) is 36.3 Å². The molecule has 1 aromatic carbocycles. The molecule has 0 aliphatic carbocycles. The summed E-state index contributed by atoms with van der Waals surface area (Å²) < 4.78 is 7.88. The third-order valence-corrected chi connectivity index (χ3v) is 5.36. The van der Waals surface area contributed by atoms with Crippen LogP contribution in [0.25, 0.3) is 23.3 Å². The molecule has 3 heterocycles. The summed E-state index contributed by atoms with van der Waals surface area (Å²) in [4.78, 5) is 32.2. The van der Waals surface area contributed by atoms with Crippen molar-refractivity contribution in [2.45, 2.75) is 6.92 Å². The van der Waals surface area contributed by atoms with Gasteiger partial charge in [-0.15, -0.1) is 0 Å². The summed E-state index contributed by atoms with van der Waals surface area (Å²) in [7, 11) is 0. The molecule has 1 fully saturated rings. The van der Waals surface area contributed by atoms with Crippen LogP contribution in [0.5, 0.6) is 5.75 Å². The summed E-state index contributed by atoms with van der Waals surface area (Å²) in [5, 5.41) is 6.47. The molecule has 1 aliphatic rings. The molecule has 0 spiro atoms. The second kappa shape index (κ2) is 8.18. The molecule has 0 atom stereocenters. The molecule has 2 aromatic heterocycles. The van der Waals surface area contributed by atoms with Crippen LogP contribution in [0.1, 0.15) is 12.5 Å². The lowest BCUT2D eigenvalue weighted by atomic mass is 10.1. The predicted octanol–water partition coefficient (Wildman–Crippen LogP) is 3.81. The van der Waals surface area contributed by atoms with Gasteiger partial charge in [0.15, 0.2) is 0 Å². The maximum absolute atomic E-state index is 12.0. The van der Waals surface area contributed by atoms with E-state index in [4.69, 9.17) is 4.74 Å². The number of halogens is 1. The van der Waals surface area contributed by atoms with Crippen LogP contribution >= 0.6 is 27.7 Å². The van der Waals surface area contributed by atoms with Crippen molar-refractivity contribution >= 4 is 44.9 Å². The zero-order chi connectivity index (χ0) is 20.4.